The zero-order chi connectivity index (χ0) is 20.5. The summed E-state index contributed by atoms with van der Waals surface area (Å²) in [5.41, 5.74) is 5.83. The van der Waals surface area contributed by atoms with Gasteiger partial charge in [-0.25, -0.2) is 4.98 Å². The molecule has 0 spiro atoms. The Labute approximate surface area is 172 Å². The van der Waals surface area contributed by atoms with E-state index in [1.807, 2.05) is 19.1 Å². The second kappa shape index (κ2) is 7.98. The Morgan fingerprint density at radius 2 is 1.93 bits per heavy atom. The highest BCUT2D eigenvalue weighted by Gasteiger charge is 2.37. The maximum Gasteiger partial charge on any atom is 0.273 e. The van der Waals surface area contributed by atoms with Gasteiger partial charge < -0.3 is 20.0 Å². The molecule has 2 aliphatic rings. The predicted octanol–water partition coefficient (Wildman–Crippen LogP) is 2.04. The average Bonchev–Trinajstić information content (AvgIpc) is 3.46. The first-order valence-electron chi connectivity index (χ1n) is 9.85. The maximum absolute atomic E-state index is 12.8. The first-order valence-corrected chi connectivity index (χ1v) is 10.7. The number of likely N-dealkylation sites (tertiary alicyclic amines) is 2. The number of amides is 3. The van der Waals surface area contributed by atoms with Gasteiger partial charge in [0.1, 0.15) is 17.5 Å². The van der Waals surface area contributed by atoms with Gasteiger partial charge in [-0.1, -0.05) is 0 Å². The van der Waals surface area contributed by atoms with Crippen molar-refractivity contribution in [2.75, 3.05) is 19.6 Å². The van der Waals surface area contributed by atoms with Crippen LogP contribution < -0.4 is 5.73 Å². The van der Waals surface area contributed by atoms with Crippen molar-refractivity contribution in [1.82, 2.24) is 14.8 Å². The zero-order valence-corrected chi connectivity index (χ0v) is 17.1. The van der Waals surface area contributed by atoms with Crippen LogP contribution in [0.3, 0.4) is 0 Å². The lowest BCUT2D eigenvalue weighted by Gasteiger charge is -2.34. The molecule has 1 atom stereocenters. The molecule has 2 aromatic rings. The molecule has 2 N–H and O–H groups in total. The summed E-state index contributed by atoms with van der Waals surface area (Å²) in [6.07, 6.45) is 2.61. The number of piperidine rings is 1. The van der Waals surface area contributed by atoms with Crippen LogP contribution in [0.15, 0.2) is 21.9 Å². The zero-order valence-electron chi connectivity index (χ0n) is 16.3. The Kier molecular flexibility index (Phi) is 5.40. The van der Waals surface area contributed by atoms with Gasteiger partial charge in [0.2, 0.25) is 11.8 Å². The summed E-state index contributed by atoms with van der Waals surface area (Å²) in [5, 5.41) is 2.42. The van der Waals surface area contributed by atoms with Crippen LogP contribution in [-0.4, -0.2) is 58.2 Å². The number of rotatable bonds is 4. The molecule has 0 saturated carbocycles. The molecule has 0 bridgehead atoms. The van der Waals surface area contributed by atoms with E-state index in [2.05, 4.69) is 4.98 Å². The maximum atomic E-state index is 12.8. The number of hydrogen-bond acceptors (Lipinski definition) is 6. The van der Waals surface area contributed by atoms with Gasteiger partial charge in [0, 0.05) is 30.9 Å². The van der Waals surface area contributed by atoms with Crippen molar-refractivity contribution in [3.05, 3.63) is 29.0 Å². The Morgan fingerprint density at radius 3 is 2.59 bits per heavy atom. The molecule has 4 heterocycles. The molecule has 9 heteroatoms. The summed E-state index contributed by atoms with van der Waals surface area (Å²) in [4.78, 5) is 45.0. The smallest absolute Gasteiger partial charge is 0.273 e. The van der Waals surface area contributed by atoms with Crippen LogP contribution in [0.1, 0.15) is 41.9 Å². The second-order valence-electron chi connectivity index (χ2n) is 7.61. The molecule has 0 aliphatic carbocycles. The Balaban J connectivity index is 1.36. The number of furan rings is 1. The van der Waals surface area contributed by atoms with Crippen LogP contribution in [-0.2, 0) is 9.59 Å². The quantitative estimate of drug-likeness (QED) is 0.820. The molecule has 3 amide bonds. The lowest BCUT2D eigenvalue weighted by atomic mass is 9.94. The number of hydrogen-bond donors (Lipinski definition) is 1. The molecule has 29 heavy (non-hydrogen) atoms. The minimum Gasteiger partial charge on any atom is -0.459 e. The fourth-order valence-corrected chi connectivity index (χ4v) is 4.84. The standard InChI is InChI=1S/C20H24N4O4S/c1-12-4-5-16(28-12)18-22-14(11-29-18)20(27)23-9-6-13(7-10-23)19(26)24-8-2-3-15(24)17(21)25/h4-5,11,13,15H,2-3,6-10H2,1H3,(H2,21,25). The van der Waals surface area contributed by atoms with Crippen LogP contribution in [0.4, 0.5) is 0 Å². The summed E-state index contributed by atoms with van der Waals surface area (Å²) in [5.74, 6) is 0.711. The highest BCUT2D eigenvalue weighted by Crippen LogP contribution is 2.28. The van der Waals surface area contributed by atoms with E-state index in [0.717, 1.165) is 12.2 Å². The molecule has 0 aromatic carbocycles. The van der Waals surface area contributed by atoms with Crippen molar-refractivity contribution in [2.24, 2.45) is 11.7 Å². The van der Waals surface area contributed by atoms with E-state index in [1.165, 1.54) is 11.3 Å². The molecule has 2 fully saturated rings. The number of carbonyl (C=O) groups excluding carboxylic acids is 3. The van der Waals surface area contributed by atoms with Crippen LogP contribution in [0, 0.1) is 12.8 Å². The van der Waals surface area contributed by atoms with E-state index in [1.54, 1.807) is 15.2 Å². The fourth-order valence-electron chi connectivity index (χ4n) is 4.09. The molecule has 4 rings (SSSR count). The van der Waals surface area contributed by atoms with E-state index in [4.69, 9.17) is 10.2 Å². The SMILES string of the molecule is Cc1ccc(-c2nc(C(=O)N3CCC(C(=O)N4CCCC4C(N)=O)CC3)cs2)o1. The van der Waals surface area contributed by atoms with Crippen LogP contribution in [0.5, 0.6) is 0 Å². The number of thiazole rings is 1. The number of aromatic nitrogens is 1. The molecule has 154 valence electrons. The van der Waals surface area contributed by atoms with Gasteiger partial charge in [0.25, 0.3) is 5.91 Å². The van der Waals surface area contributed by atoms with E-state index < -0.39 is 11.9 Å². The van der Waals surface area contributed by atoms with Gasteiger partial charge >= 0.3 is 0 Å². The lowest BCUT2D eigenvalue weighted by Crippen LogP contribution is -2.49. The number of nitrogens with two attached hydrogens (primary N) is 1. The summed E-state index contributed by atoms with van der Waals surface area (Å²) in [7, 11) is 0. The third-order valence-corrected chi connectivity index (χ3v) is 6.53. The van der Waals surface area contributed by atoms with Gasteiger partial charge in [-0.15, -0.1) is 11.3 Å². The Bertz CT molecular complexity index is 929. The third-order valence-electron chi connectivity index (χ3n) is 5.67. The Morgan fingerprint density at radius 1 is 1.17 bits per heavy atom. The highest BCUT2D eigenvalue weighted by atomic mass is 32.1. The van der Waals surface area contributed by atoms with Gasteiger partial charge in [-0.3, -0.25) is 14.4 Å². The van der Waals surface area contributed by atoms with Crippen molar-refractivity contribution >= 4 is 29.1 Å². The molecular weight excluding hydrogens is 392 g/mol. The summed E-state index contributed by atoms with van der Waals surface area (Å²) >= 11 is 1.38. The second-order valence-corrected chi connectivity index (χ2v) is 8.46. The lowest BCUT2D eigenvalue weighted by molar-refractivity contribution is -0.141. The van der Waals surface area contributed by atoms with Crippen molar-refractivity contribution in [3.8, 4) is 10.8 Å². The van der Waals surface area contributed by atoms with Crippen molar-refractivity contribution in [3.63, 3.8) is 0 Å². The normalized spacial score (nSPS) is 20.2. The fraction of sp³-hybridized carbons (Fsp3) is 0.500. The van der Waals surface area contributed by atoms with Gasteiger partial charge in [0.05, 0.1) is 0 Å². The predicted molar refractivity (Wildman–Crippen MR) is 107 cm³/mol. The molecule has 2 aromatic heterocycles. The minimum absolute atomic E-state index is 0.0115. The molecule has 1 unspecified atom stereocenters. The topological polar surface area (TPSA) is 110 Å². The monoisotopic (exact) mass is 416 g/mol. The van der Waals surface area contributed by atoms with E-state index >= 15 is 0 Å². The van der Waals surface area contributed by atoms with Gasteiger partial charge in [-0.05, 0) is 44.7 Å². The first kappa shape index (κ1) is 19.6. The van der Waals surface area contributed by atoms with Crippen molar-refractivity contribution in [1.29, 1.82) is 0 Å². The Hall–Kier alpha value is -2.68. The highest BCUT2D eigenvalue weighted by molar-refractivity contribution is 7.13. The first-order chi connectivity index (χ1) is 13.9. The minimum atomic E-state index is -0.485. The number of aryl methyl sites for hydroxylation is 1. The summed E-state index contributed by atoms with van der Waals surface area (Å²) in [6, 6.07) is 3.22. The molecule has 2 aliphatic heterocycles. The average molecular weight is 417 g/mol. The molecule has 2 saturated heterocycles. The largest absolute Gasteiger partial charge is 0.459 e. The summed E-state index contributed by atoms with van der Waals surface area (Å²) in [6.45, 7) is 3.44. The van der Waals surface area contributed by atoms with Gasteiger partial charge in [0.15, 0.2) is 10.8 Å². The summed E-state index contributed by atoms with van der Waals surface area (Å²) < 4.78 is 5.57. The number of carbonyl (C=O) groups is 3. The van der Waals surface area contributed by atoms with Gasteiger partial charge in [-0.2, -0.15) is 0 Å². The van der Waals surface area contributed by atoms with E-state index in [-0.39, 0.29) is 17.7 Å². The third kappa shape index (κ3) is 3.91. The van der Waals surface area contributed by atoms with Crippen LogP contribution in [0.2, 0.25) is 0 Å². The molecular formula is C20H24N4O4S. The van der Waals surface area contributed by atoms with Crippen molar-refractivity contribution in [2.45, 2.75) is 38.6 Å². The van der Waals surface area contributed by atoms with Crippen molar-refractivity contribution < 1.29 is 18.8 Å². The van der Waals surface area contributed by atoms with Crippen LogP contribution >= 0.6 is 11.3 Å². The molecule has 8 nitrogen and oxygen atoms in total. The molecule has 0 radical (unpaired) electrons. The van der Waals surface area contributed by atoms with Crippen LogP contribution in [0.25, 0.3) is 10.8 Å². The number of nitrogens with zero attached hydrogens (tertiary/aromatic N) is 3. The van der Waals surface area contributed by atoms with E-state index in [0.29, 0.717) is 55.4 Å². The number of primary amides is 1. The van der Waals surface area contributed by atoms with E-state index in [9.17, 15) is 14.4 Å².